The molecule has 0 saturated carbocycles. The molecule has 1 aliphatic heterocycles. The standard InChI is InChI=1S/C9H16BrNO2/c1-2-13-9(12)11-5-3-4-8(6-10)7-11/h8H,2-7H2,1H3/t8-/m1/s1. The second-order valence-electron chi connectivity index (χ2n) is 3.31. The third-order valence-corrected chi connectivity index (χ3v) is 3.18. The molecular weight excluding hydrogens is 234 g/mol. The van der Waals surface area contributed by atoms with Crippen molar-refractivity contribution in [2.45, 2.75) is 19.8 Å². The maximum absolute atomic E-state index is 11.3. The Bertz CT molecular complexity index is 175. The van der Waals surface area contributed by atoms with Crippen LogP contribution in [0.25, 0.3) is 0 Å². The van der Waals surface area contributed by atoms with Crippen LogP contribution in [0.1, 0.15) is 19.8 Å². The molecule has 76 valence electrons. The van der Waals surface area contributed by atoms with Crippen LogP contribution in [0.15, 0.2) is 0 Å². The Morgan fingerprint density at radius 3 is 3.08 bits per heavy atom. The van der Waals surface area contributed by atoms with Gasteiger partial charge < -0.3 is 9.64 Å². The number of likely N-dealkylation sites (tertiary alicyclic amines) is 1. The summed E-state index contributed by atoms with van der Waals surface area (Å²) >= 11 is 3.45. The lowest BCUT2D eigenvalue weighted by molar-refractivity contribution is 0.0911. The van der Waals surface area contributed by atoms with Gasteiger partial charge in [-0.1, -0.05) is 15.9 Å². The van der Waals surface area contributed by atoms with Gasteiger partial charge in [-0.05, 0) is 25.7 Å². The molecule has 13 heavy (non-hydrogen) atoms. The average Bonchev–Trinajstić information content (AvgIpc) is 2.18. The summed E-state index contributed by atoms with van der Waals surface area (Å²) in [5.41, 5.74) is 0. The van der Waals surface area contributed by atoms with E-state index >= 15 is 0 Å². The molecule has 0 aromatic heterocycles. The molecule has 4 heteroatoms. The van der Waals surface area contributed by atoms with Crippen LogP contribution in [-0.4, -0.2) is 36.0 Å². The van der Waals surface area contributed by atoms with Crippen molar-refractivity contribution in [2.24, 2.45) is 5.92 Å². The van der Waals surface area contributed by atoms with Crippen LogP contribution in [0.3, 0.4) is 0 Å². The van der Waals surface area contributed by atoms with Gasteiger partial charge in [-0.15, -0.1) is 0 Å². The highest BCUT2D eigenvalue weighted by Gasteiger charge is 2.23. The molecule has 1 amide bonds. The normalized spacial score (nSPS) is 22.9. The molecule has 3 nitrogen and oxygen atoms in total. The van der Waals surface area contributed by atoms with E-state index < -0.39 is 0 Å². The zero-order valence-electron chi connectivity index (χ0n) is 7.96. The number of alkyl halides is 1. The topological polar surface area (TPSA) is 29.5 Å². The molecule has 1 fully saturated rings. The van der Waals surface area contributed by atoms with Gasteiger partial charge in [0.1, 0.15) is 0 Å². The minimum absolute atomic E-state index is 0.159. The molecule has 0 aliphatic carbocycles. The van der Waals surface area contributed by atoms with E-state index in [4.69, 9.17) is 4.74 Å². The highest BCUT2D eigenvalue weighted by molar-refractivity contribution is 9.09. The molecule has 0 spiro atoms. The highest BCUT2D eigenvalue weighted by Crippen LogP contribution is 2.18. The summed E-state index contributed by atoms with van der Waals surface area (Å²) in [4.78, 5) is 13.2. The van der Waals surface area contributed by atoms with Gasteiger partial charge in [0.15, 0.2) is 0 Å². The van der Waals surface area contributed by atoms with Gasteiger partial charge in [0.25, 0.3) is 0 Å². The van der Waals surface area contributed by atoms with Crippen molar-refractivity contribution >= 4 is 22.0 Å². The zero-order valence-corrected chi connectivity index (χ0v) is 9.55. The summed E-state index contributed by atoms with van der Waals surface area (Å²) in [6.45, 7) is 3.99. The number of carbonyl (C=O) groups is 1. The van der Waals surface area contributed by atoms with Gasteiger partial charge in [0.2, 0.25) is 0 Å². The molecule has 0 radical (unpaired) electrons. The molecule has 0 N–H and O–H groups in total. The molecule has 1 aliphatic rings. The van der Waals surface area contributed by atoms with E-state index in [1.165, 1.54) is 6.42 Å². The Hall–Kier alpha value is -0.250. The maximum Gasteiger partial charge on any atom is 0.409 e. The number of ether oxygens (including phenoxy) is 1. The number of rotatable bonds is 2. The van der Waals surface area contributed by atoms with Crippen molar-refractivity contribution in [3.05, 3.63) is 0 Å². The van der Waals surface area contributed by atoms with Crippen molar-refractivity contribution < 1.29 is 9.53 Å². The van der Waals surface area contributed by atoms with E-state index in [1.807, 2.05) is 6.92 Å². The largest absolute Gasteiger partial charge is 0.450 e. The third-order valence-electron chi connectivity index (χ3n) is 2.26. The van der Waals surface area contributed by atoms with Crippen LogP contribution >= 0.6 is 15.9 Å². The molecule has 1 saturated heterocycles. The first-order chi connectivity index (χ1) is 6.27. The predicted octanol–water partition coefficient (Wildman–Crippen LogP) is 2.25. The van der Waals surface area contributed by atoms with Crippen molar-refractivity contribution in [2.75, 3.05) is 25.0 Å². The van der Waals surface area contributed by atoms with E-state index in [9.17, 15) is 4.79 Å². The SMILES string of the molecule is CCOC(=O)N1CCC[C@H](CBr)C1. The first kappa shape index (κ1) is 10.8. The molecule has 1 atom stereocenters. The van der Waals surface area contributed by atoms with E-state index in [0.29, 0.717) is 12.5 Å². The van der Waals surface area contributed by atoms with Crippen molar-refractivity contribution in [3.63, 3.8) is 0 Å². The Morgan fingerprint density at radius 1 is 1.69 bits per heavy atom. The van der Waals surface area contributed by atoms with Gasteiger partial charge in [-0.25, -0.2) is 4.79 Å². The fraction of sp³-hybridized carbons (Fsp3) is 0.889. The lowest BCUT2D eigenvalue weighted by Gasteiger charge is -2.30. The number of amides is 1. The molecule has 0 unspecified atom stereocenters. The van der Waals surface area contributed by atoms with Gasteiger partial charge in [0, 0.05) is 18.4 Å². The Morgan fingerprint density at radius 2 is 2.46 bits per heavy atom. The lowest BCUT2D eigenvalue weighted by atomic mass is 10.0. The summed E-state index contributed by atoms with van der Waals surface area (Å²) < 4.78 is 4.95. The zero-order chi connectivity index (χ0) is 9.68. The minimum Gasteiger partial charge on any atom is -0.450 e. The maximum atomic E-state index is 11.3. The van der Waals surface area contributed by atoms with Gasteiger partial charge in [-0.2, -0.15) is 0 Å². The number of carbonyl (C=O) groups excluding carboxylic acids is 1. The van der Waals surface area contributed by atoms with Crippen LogP contribution in [-0.2, 0) is 4.74 Å². The fourth-order valence-electron chi connectivity index (χ4n) is 1.57. The molecule has 1 heterocycles. The monoisotopic (exact) mass is 249 g/mol. The second kappa shape index (κ2) is 5.47. The molecule has 1 rings (SSSR count). The lowest BCUT2D eigenvalue weighted by Crippen LogP contribution is -2.40. The van der Waals surface area contributed by atoms with Gasteiger partial charge >= 0.3 is 6.09 Å². The number of piperidine rings is 1. The second-order valence-corrected chi connectivity index (χ2v) is 3.95. The van der Waals surface area contributed by atoms with Gasteiger partial charge in [0.05, 0.1) is 6.61 Å². The summed E-state index contributed by atoms with van der Waals surface area (Å²) in [6, 6.07) is 0. The number of hydrogen-bond donors (Lipinski definition) is 0. The Labute approximate surface area is 87.6 Å². The van der Waals surface area contributed by atoms with Crippen molar-refractivity contribution in [1.82, 2.24) is 4.90 Å². The smallest absolute Gasteiger partial charge is 0.409 e. The van der Waals surface area contributed by atoms with Crippen molar-refractivity contribution in [1.29, 1.82) is 0 Å². The van der Waals surface area contributed by atoms with E-state index in [0.717, 1.165) is 24.8 Å². The highest BCUT2D eigenvalue weighted by atomic mass is 79.9. The van der Waals surface area contributed by atoms with Crippen LogP contribution < -0.4 is 0 Å². The summed E-state index contributed by atoms with van der Waals surface area (Å²) in [5, 5.41) is 0.975. The summed E-state index contributed by atoms with van der Waals surface area (Å²) in [5.74, 6) is 0.596. The molecule has 0 bridgehead atoms. The fourth-order valence-corrected chi connectivity index (χ4v) is 2.10. The van der Waals surface area contributed by atoms with Crippen LogP contribution in [0.5, 0.6) is 0 Å². The number of hydrogen-bond acceptors (Lipinski definition) is 2. The predicted molar refractivity (Wildman–Crippen MR) is 55.1 cm³/mol. The van der Waals surface area contributed by atoms with Crippen LogP contribution in [0.4, 0.5) is 4.79 Å². The van der Waals surface area contributed by atoms with E-state index in [-0.39, 0.29) is 6.09 Å². The van der Waals surface area contributed by atoms with Crippen molar-refractivity contribution in [3.8, 4) is 0 Å². The summed E-state index contributed by atoms with van der Waals surface area (Å²) in [7, 11) is 0. The van der Waals surface area contributed by atoms with Gasteiger partial charge in [-0.3, -0.25) is 0 Å². The molecule has 0 aromatic carbocycles. The number of nitrogens with zero attached hydrogens (tertiary/aromatic N) is 1. The molecule has 0 aromatic rings. The quantitative estimate of drug-likeness (QED) is 0.703. The average molecular weight is 250 g/mol. The van der Waals surface area contributed by atoms with Crippen LogP contribution in [0, 0.1) is 5.92 Å². The van der Waals surface area contributed by atoms with E-state index in [2.05, 4.69) is 15.9 Å². The molecular formula is C9H16BrNO2. The van der Waals surface area contributed by atoms with Crippen LogP contribution in [0.2, 0.25) is 0 Å². The first-order valence-corrected chi connectivity index (χ1v) is 5.87. The first-order valence-electron chi connectivity index (χ1n) is 4.75. The third kappa shape index (κ3) is 3.18. The minimum atomic E-state index is -0.159. The number of halogens is 1. The Kier molecular flexibility index (Phi) is 4.56. The van der Waals surface area contributed by atoms with E-state index in [1.54, 1.807) is 4.90 Å². The Balaban J connectivity index is 2.37. The summed E-state index contributed by atoms with van der Waals surface area (Å²) in [6.07, 6.45) is 2.14.